The highest BCUT2D eigenvalue weighted by molar-refractivity contribution is 7.10. The molecule has 1 rings (SSSR count). The van der Waals surface area contributed by atoms with Gasteiger partial charge in [-0.2, -0.15) is 0 Å². The molecule has 0 saturated carbocycles. The average Bonchev–Trinajstić information content (AvgIpc) is 2.37. The summed E-state index contributed by atoms with van der Waals surface area (Å²) in [7, 11) is 0. The van der Waals surface area contributed by atoms with Crippen molar-refractivity contribution in [1.29, 1.82) is 0 Å². The van der Waals surface area contributed by atoms with Crippen molar-refractivity contribution < 1.29 is 0 Å². The average molecular weight is 190 g/mol. The Morgan fingerprint density at radius 3 is 2.82 bits per heavy atom. The summed E-state index contributed by atoms with van der Waals surface area (Å²) in [6.07, 6.45) is 3.32. The molecule has 0 atom stereocenters. The SMILES string of the molecule is NCCCCc1sccc1Cl. The molecule has 1 nitrogen and oxygen atoms in total. The number of thiophene rings is 1. The van der Waals surface area contributed by atoms with Crippen LogP contribution in [-0.4, -0.2) is 6.54 Å². The van der Waals surface area contributed by atoms with Gasteiger partial charge in [0.05, 0.1) is 5.02 Å². The summed E-state index contributed by atoms with van der Waals surface area (Å²) in [6.45, 7) is 0.781. The van der Waals surface area contributed by atoms with Crippen LogP contribution in [0.1, 0.15) is 17.7 Å². The van der Waals surface area contributed by atoms with E-state index >= 15 is 0 Å². The van der Waals surface area contributed by atoms with Gasteiger partial charge in [0.2, 0.25) is 0 Å². The molecule has 0 aliphatic carbocycles. The molecule has 11 heavy (non-hydrogen) atoms. The second kappa shape index (κ2) is 4.75. The van der Waals surface area contributed by atoms with Gasteiger partial charge in [0.1, 0.15) is 0 Å². The Labute approximate surface area is 76.2 Å². The molecule has 62 valence electrons. The molecule has 0 radical (unpaired) electrons. The zero-order valence-electron chi connectivity index (χ0n) is 6.35. The Balaban J connectivity index is 2.32. The van der Waals surface area contributed by atoms with Crippen LogP contribution in [0.5, 0.6) is 0 Å². The van der Waals surface area contributed by atoms with E-state index < -0.39 is 0 Å². The van der Waals surface area contributed by atoms with E-state index in [1.165, 1.54) is 4.88 Å². The third-order valence-corrected chi connectivity index (χ3v) is 3.00. The molecule has 0 aromatic carbocycles. The Hall–Kier alpha value is -0.0500. The van der Waals surface area contributed by atoms with Crippen LogP contribution in [0.3, 0.4) is 0 Å². The van der Waals surface area contributed by atoms with Crippen molar-refractivity contribution >= 4 is 22.9 Å². The highest BCUT2D eigenvalue weighted by Gasteiger charge is 1.99. The summed E-state index contributed by atoms with van der Waals surface area (Å²) in [5, 5.41) is 2.94. The van der Waals surface area contributed by atoms with Crippen LogP contribution in [-0.2, 0) is 6.42 Å². The molecule has 0 amide bonds. The number of rotatable bonds is 4. The molecule has 0 fully saturated rings. The third kappa shape index (κ3) is 2.81. The van der Waals surface area contributed by atoms with E-state index in [0.29, 0.717) is 0 Å². The lowest BCUT2D eigenvalue weighted by molar-refractivity contribution is 0.751. The van der Waals surface area contributed by atoms with Gasteiger partial charge in [-0.25, -0.2) is 0 Å². The summed E-state index contributed by atoms with van der Waals surface area (Å²) in [5.41, 5.74) is 5.38. The zero-order chi connectivity index (χ0) is 8.10. The lowest BCUT2D eigenvalue weighted by Gasteiger charge is -1.96. The lowest BCUT2D eigenvalue weighted by atomic mass is 10.2. The van der Waals surface area contributed by atoms with Gasteiger partial charge in [-0.1, -0.05) is 11.6 Å². The number of hydrogen-bond donors (Lipinski definition) is 1. The Morgan fingerprint density at radius 1 is 1.45 bits per heavy atom. The smallest absolute Gasteiger partial charge is 0.0544 e. The summed E-state index contributed by atoms with van der Waals surface area (Å²) >= 11 is 7.63. The normalized spacial score (nSPS) is 10.4. The van der Waals surface area contributed by atoms with Gasteiger partial charge in [-0.3, -0.25) is 0 Å². The number of nitrogens with two attached hydrogens (primary N) is 1. The highest BCUT2D eigenvalue weighted by atomic mass is 35.5. The van der Waals surface area contributed by atoms with Crippen LogP contribution >= 0.6 is 22.9 Å². The van der Waals surface area contributed by atoms with Crippen LogP contribution in [0.15, 0.2) is 11.4 Å². The molecule has 0 spiro atoms. The molecular weight excluding hydrogens is 178 g/mol. The minimum absolute atomic E-state index is 0.781. The minimum Gasteiger partial charge on any atom is -0.330 e. The maximum Gasteiger partial charge on any atom is 0.0544 e. The van der Waals surface area contributed by atoms with Crippen LogP contribution in [0.2, 0.25) is 5.02 Å². The van der Waals surface area contributed by atoms with Gasteiger partial charge in [-0.05, 0) is 37.3 Å². The first-order valence-corrected chi connectivity index (χ1v) is 5.02. The van der Waals surface area contributed by atoms with E-state index in [0.717, 1.165) is 30.8 Å². The first-order chi connectivity index (χ1) is 5.34. The van der Waals surface area contributed by atoms with Gasteiger partial charge >= 0.3 is 0 Å². The van der Waals surface area contributed by atoms with Gasteiger partial charge in [0.15, 0.2) is 0 Å². The van der Waals surface area contributed by atoms with Crippen LogP contribution < -0.4 is 5.73 Å². The molecule has 0 bridgehead atoms. The van der Waals surface area contributed by atoms with E-state index in [1.807, 2.05) is 11.4 Å². The Morgan fingerprint density at radius 2 is 2.27 bits per heavy atom. The summed E-state index contributed by atoms with van der Waals surface area (Å²) in [6, 6.07) is 1.95. The molecule has 1 aromatic heterocycles. The Kier molecular flexibility index (Phi) is 3.91. The minimum atomic E-state index is 0.781. The van der Waals surface area contributed by atoms with E-state index in [4.69, 9.17) is 17.3 Å². The van der Waals surface area contributed by atoms with Crippen LogP contribution in [0, 0.1) is 0 Å². The molecule has 3 heteroatoms. The predicted octanol–water partition coefficient (Wildman–Crippen LogP) is 2.68. The topological polar surface area (TPSA) is 26.0 Å². The van der Waals surface area contributed by atoms with Crippen LogP contribution in [0.4, 0.5) is 0 Å². The van der Waals surface area contributed by atoms with Crippen molar-refractivity contribution in [1.82, 2.24) is 0 Å². The van der Waals surface area contributed by atoms with Gasteiger partial charge in [0.25, 0.3) is 0 Å². The summed E-state index contributed by atoms with van der Waals surface area (Å²) in [5.74, 6) is 0. The summed E-state index contributed by atoms with van der Waals surface area (Å²) in [4.78, 5) is 1.29. The van der Waals surface area contributed by atoms with E-state index in [-0.39, 0.29) is 0 Å². The lowest BCUT2D eigenvalue weighted by Crippen LogP contribution is -1.98. The molecule has 0 aliphatic rings. The fraction of sp³-hybridized carbons (Fsp3) is 0.500. The van der Waals surface area contributed by atoms with E-state index in [2.05, 4.69) is 0 Å². The second-order valence-corrected chi connectivity index (χ2v) is 3.85. The maximum atomic E-state index is 5.90. The largest absolute Gasteiger partial charge is 0.330 e. The monoisotopic (exact) mass is 189 g/mol. The standard InChI is InChI=1S/C8H12ClNS/c9-7-4-6-11-8(7)3-1-2-5-10/h4,6H,1-3,5,10H2. The number of unbranched alkanes of at least 4 members (excludes halogenated alkanes) is 1. The number of hydrogen-bond acceptors (Lipinski definition) is 2. The fourth-order valence-corrected chi connectivity index (χ4v) is 2.11. The first-order valence-electron chi connectivity index (χ1n) is 3.76. The van der Waals surface area contributed by atoms with Crippen molar-refractivity contribution in [2.24, 2.45) is 5.73 Å². The van der Waals surface area contributed by atoms with Crippen molar-refractivity contribution in [3.8, 4) is 0 Å². The van der Waals surface area contributed by atoms with Crippen molar-refractivity contribution in [2.75, 3.05) is 6.54 Å². The zero-order valence-corrected chi connectivity index (χ0v) is 7.92. The van der Waals surface area contributed by atoms with Gasteiger partial charge < -0.3 is 5.73 Å². The molecule has 0 saturated heterocycles. The molecule has 1 aromatic rings. The third-order valence-electron chi connectivity index (χ3n) is 1.55. The highest BCUT2D eigenvalue weighted by Crippen LogP contribution is 2.23. The number of aryl methyl sites for hydroxylation is 1. The predicted molar refractivity (Wildman–Crippen MR) is 51.3 cm³/mol. The van der Waals surface area contributed by atoms with Gasteiger partial charge in [0, 0.05) is 4.88 Å². The molecule has 0 unspecified atom stereocenters. The molecule has 1 heterocycles. The maximum absolute atomic E-state index is 5.90. The first kappa shape index (κ1) is 9.04. The van der Waals surface area contributed by atoms with Crippen LogP contribution in [0.25, 0.3) is 0 Å². The molecular formula is C8H12ClNS. The van der Waals surface area contributed by atoms with E-state index in [9.17, 15) is 0 Å². The van der Waals surface area contributed by atoms with Crippen molar-refractivity contribution in [3.63, 3.8) is 0 Å². The van der Waals surface area contributed by atoms with Crippen molar-refractivity contribution in [3.05, 3.63) is 21.3 Å². The fourth-order valence-electron chi connectivity index (χ4n) is 0.933. The quantitative estimate of drug-likeness (QED) is 0.725. The molecule has 0 aliphatic heterocycles. The van der Waals surface area contributed by atoms with Crippen molar-refractivity contribution in [2.45, 2.75) is 19.3 Å². The second-order valence-electron chi connectivity index (χ2n) is 2.44. The number of halogens is 1. The van der Waals surface area contributed by atoms with E-state index in [1.54, 1.807) is 11.3 Å². The molecule has 2 N–H and O–H groups in total. The van der Waals surface area contributed by atoms with Gasteiger partial charge in [-0.15, -0.1) is 11.3 Å². The summed E-state index contributed by atoms with van der Waals surface area (Å²) < 4.78 is 0. The Bertz CT molecular complexity index is 210.